The Morgan fingerprint density at radius 3 is 2.65 bits per heavy atom. The molecule has 1 unspecified atom stereocenters. The smallest absolute Gasteiger partial charge is 0.322 e. The molecule has 4 rings (SSSR count). The number of ether oxygens (including phenoxy) is 1. The van der Waals surface area contributed by atoms with Crippen molar-refractivity contribution in [3.8, 4) is 0 Å². The van der Waals surface area contributed by atoms with Gasteiger partial charge >= 0.3 is 6.03 Å². The van der Waals surface area contributed by atoms with Crippen LogP contribution in [0.15, 0.2) is 66.9 Å². The Balaban J connectivity index is 1.55. The summed E-state index contributed by atoms with van der Waals surface area (Å²) in [4.78, 5) is 29.8. The number of carbonyl (C=O) groups excluding carboxylic acids is 2. The maximum absolute atomic E-state index is 13.6. The van der Waals surface area contributed by atoms with Crippen molar-refractivity contribution in [1.29, 1.82) is 0 Å². The van der Waals surface area contributed by atoms with Crippen molar-refractivity contribution in [3.63, 3.8) is 0 Å². The zero-order valence-corrected chi connectivity index (χ0v) is 19.4. The maximum Gasteiger partial charge on any atom is 0.322 e. The number of nitrogens with one attached hydrogen (secondary N) is 1. The molecule has 0 radical (unpaired) electrons. The molecule has 178 valence electrons. The molecule has 0 saturated carbocycles. The summed E-state index contributed by atoms with van der Waals surface area (Å²) >= 11 is 0. The largest absolute Gasteiger partial charge is 0.383 e. The monoisotopic (exact) mass is 464 g/mol. The average molecular weight is 465 g/mol. The van der Waals surface area contributed by atoms with Crippen molar-refractivity contribution in [1.82, 2.24) is 14.4 Å². The first-order valence-corrected chi connectivity index (χ1v) is 11.3. The number of hydrogen-bond acceptors (Lipinski definition) is 3. The third kappa shape index (κ3) is 5.28. The molecule has 7 nitrogen and oxygen atoms in total. The summed E-state index contributed by atoms with van der Waals surface area (Å²) in [5.41, 5.74) is 3.47. The van der Waals surface area contributed by atoms with E-state index in [1.165, 1.54) is 17.0 Å². The SMILES string of the molecule is COCCN(CC(=O)N1CCn2cccc2C1c1ccc(F)cc1)C(=O)Nc1cccc(C)c1. The Morgan fingerprint density at radius 1 is 1.12 bits per heavy atom. The molecule has 0 bridgehead atoms. The minimum atomic E-state index is -0.366. The van der Waals surface area contributed by atoms with Crippen LogP contribution in [0.25, 0.3) is 0 Å². The molecular formula is C26H29FN4O3. The number of nitrogens with zero attached hydrogens (tertiary/aromatic N) is 3. The lowest BCUT2D eigenvalue weighted by Gasteiger charge is -2.38. The molecule has 1 aliphatic rings. The van der Waals surface area contributed by atoms with Crippen LogP contribution in [0.3, 0.4) is 0 Å². The van der Waals surface area contributed by atoms with Gasteiger partial charge in [0.25, 0.3) is 0 Å². The topological polar surface area (TPSA) is 66.8 Å². The molecule has 3 amide bonds. The first-order chi connectivity index (χ1) is 16.5. The van der Waals surface area contributed by atoms with Crippen molar-refractivity contribution in [2.24, 2.45) is 0 Å². The Kier molecular flexibility index (Phi) is 7.27. The third-order valence-corrected chi connectivity index (χ3v) is 5.99. The van der Waals surface area contributed by atoms with E-state index in [4.69, 9.17) is 4.74 Å². The number of fused-ring (bicyclic) bond motifs is 1. The zero-order chi connectivity index (χ0) is 24.1. The molecule has 8 heteroatoms. The van der Waals surface area contributed by atoms with E-state index in [2.05, 4.69) is 9.88 Å². The quantitative estimate of drug-likeness (QED) is 0.574. The lowest BCUT2D eigenvalue weighted by molar-refractivity contribution is -0.134. The molecule has 34 heavy (non-hydrogen) atoms. The summed E-state index contributed by atoms with van der Waals surface area (Å²) < 4.78 is 20.9. The van der Waals surface area contributed by atoms with Crippen molar-refractivity contribution in [3.05, 3.63) is 89.5 Å². The summed E-state index contributed by atoms with van der Waals surface area (Å²) in [5, 5.41) is 2.88. The molecule has 0 saturated heterocycles. The van der Waals surface area contributed by atoms with E-state index in [1.54, 1.807) is 24.1 Å². The van der Waals surface area contributed by atoms with E-state index in [-0.39, 0.29) is 36.9 Å². The molecule has 0 spiro atoms. The Hall–Kier alpha value is -3.65. The second-order valence-corrected chi connectivity index (χ2v) is 8.38. The molecule has 2 heterocycles. The van der Waals surface area contributed by atoms with Crippen molar-refractivity contribution in [2.75, 3.05) is 38.7 Å². The number of aromatic nitrogens is 1. The minimum absolute atomic E-state index is 0.0978. The second kappa shape index (κ2) is 10.5. The van der Waals surface area contributed by atoms with Gasteiger partial charge in [0.15, 0.2) is 0 Å². The van der Waals surface area contributed by atoms with Crippen LogP contribution >= 0.6 is 0 Å². The number of benzene rings is 2. The predicted octanol–water partition coefficient (Wildman–Crippen LogP) is 4.05. The lowest BCUT2D eigenvalue weighted by Crippen LogP contribution is -2.49. The summed E-state index contributed by atoms with van der Waals surface area (Å²) in [6.45, 7) is 3.56. The van der Waals surface area contributed by atoms with E-state index in [1.807, 2.05) is 49.5 Å². The van der Waals surface area contributed by atoms with Gasteiger partial charge in [-0.15, -0.1) is 0 Å². The fraction of sp³-hybridized carbons (Fsp3) is 0.308. The van der Waals surface area contributed by atoms with Crippen LogP contribution in [-0.2, 0) is 16.1 Å². The van der Waals surface area contributed by atoms with Gasteiger partial charge in [-0.25, -0.2) is 9.18 Å². The number of halogens is 1. The minimum Gasteiger partial charge on any atom is -0.383 e. The van der Waals surface area contributed by atoms with E-state index < -0.39 is 0 Å². The van der Waals surface area contributed by atoms with Gasteiger partial charge in [-0.3, -0.25) is 4.79 Å². The van der Waals surface area contributed by atoms with Crippen molar-refractivity contribution < 1.29 is 18.7 Å². The summed E-state index contributed by atoms with van der Waals surface area (Å²) in [5.74, 6) is -0.511. The van der Waals surface area contributed by atoms with Gasteiger partial charge in [0.1, 0.15) is 12.4 Å². The van der Waals surface area contributed by atoms with Gasteiger partial charge in [0.05, 0.1) is 12.6 Å². The molecule has 1 aromatic heterocycles. The van der Waals surface area contributed by atoms with Crippen LogP contribution < -0.4 is 5.32 Å². The number of hydrogen-bond donors (Lipinski definition) is 1. The number of anilines is 1. The highest BCUT2D eigenvalue weighted by atomic mass is 19.1. The lowest BCUT2D eigenvalue weighted by atomic mass is 9.99. The van der Waals surface area contributed by atoms with E-state index in [9.17, 15) is 14.0 Å². The maximum atomic E-state index is 13.6. The fourth-order valence-electron chi connectivity index (χ4n) is 4.28. The Labute approximate surface area is 198 Å². The molecule has 1 N–H and O–H groups in total. The number of amides is 3. The summed E-state index contributed by atoms with van der Waals surface area (Å²) in [6, 6.07) is 16.9. The number of aryl methyl sites for hydroxylation is 1. The normalized spacial score (nSPS) is 15.0. The van der Waals surface area contributed by atoms with Gasteiger partial charge in [-0.2, -0.15) is 0 Å². The zero-order valence-electron chi connectivity index (χ0n) is 19.4. The molecule has 0 aliphatic carbocycles. The van der Waals surface area contributed by atoms with Gasteiger partial charge in [0, 0.05) is 44.3 Å². The number of carbonyl (C=O) groups is 2. The summed E-state index contributed by atoms with van der Waals surface area (Å²) in [6.07, 6.45) is 1.98. The molecular weight excluding hydrogens is 435 g/mol. The first-order valence-electron chi connectivity index (χ1n) is 11.3. The molecule has 1 atom stereocenters. The van der Waals surface area contributed by atoms with E-state index >= 15 is 0 Å². The number of rotatable bonds is 7. The third-order valence-electron chi connectivity index (χ3n) is 5.99. The van der Waals surface area contributed by atoms with Crippen LogP contribution in [0.5, 0.6) is 0 Å². The number of methoxy groups -OCH3 is 1. The van der Waals surface area contributed by atoms with Crippen LogP contribution in [0.1, 0.15) is 22.9 Å². The highest BCUT2D eigenvalue weighted by Gasteiger charge is 2.33. The van der Waals surface area contributed by atoms with Gasteiger partial charge < -0.3 is 24.4 Å². The van der Waals surface area contributed by atoms with Gasteiger partial charge in [-0.05, 0) is 54.4 Å². The highest BCUT2D eigenvalue weighted by molar-refractivity contribution is 5.92. The van der Waals surface area contributed by atoms with Crippen LogP contribution in [0, 0.1) is 12.7 Å². The molecule has 2 aromatic carbocycles. The van der Waals surface area contributed by atoms with Crippen molar-refractivity contribution >= 4 is 17.6 Å². The second-order valence-electron chi connectivity index (χ2n) is 8.38. The Bertz CT molecular complexity index is 1140. The first kappa shape index (κ1) is 23.5. The van der Waals surface area contributed by atoms with Crippen molar-refractivity contribution in [2.45, 2.75) is 19.5 Å². The van der Waals surface area contributed by atoms with E-state index in [0.717, 1.165) is 16.8 Å². The standard InChI is InChI=1S/C26H29FN4O3/c1-19-5-3-6-22(17-19)28-26(33)30(15-16-34-2)18-24(32)31-14-13-29-12-4-7-23(29)25(31)20-8-10-21(27)11-9-20/h3-12,17,25H,13-16,18H2,1-2H3,(H,28,33). The van der Waals surface area contributed by atoms with Gasteiger partial charge in [-0.1, -0.05) is 24.3 Å². The van der Waals surface area contributed by atoms with E-state index in [0.29, 0.717) is 25.4 Å². The van der Waals surface area contributed by atoms with Gasteiger partial charge in [0.2, 0.25) is 5.91 Å². The van der Waals surface area contributed by atoms with Crippen LogP contribution in [0.4, 0.5) is 14.9 Å². The molecule has 3 aromatic rings. The number of urea groups is 1. The molecule has 0 fully saturated rings. The van der Waals surface area contributed by atoms with Crippen LogP contribution in [0.2, 0.25) is 0 Å². The summed E-state index contributed by atoms with van der Waals surface area (Å²) in [7, 11) is 1.56. The molecule has 1 aliphatic heterocycles. The predicted molar refractivity (Wildman–Crippen MR) is 128 cm³/mol. The average Bonchev–Trinajstić information content (AvgIpc) is 3.30. The highest BCUT2D eigenvalue weighted by Crippen LogP contribution is 2.32. The Morgan fingerprint density at radius 2 is 1.91 bits per heavy atom. The van der Waals surface area contributed by atoms with Crippen LogP contribution in [-0.4, -0.2) is 59.7 Å². The fourth-order valence-corrected chi connectivity index (χ4v) is 4.28.